The van der Waals surface area contributed by atoms with E-state index in [1.807, 2.05) is 0 Å². The van der Waals surface area contributed by atoms with Crippen LogP contribution in [0.2, 0.25) is 5.02 Å². The Balaban J connectivity index is 2.37. The minimum atomic E-state index is -1.30. The van der Waals surface area contributed by atoms with Gasteiger partial charge in [0.1, 0.15) is 17.0 Å². The van der Waals surface area contributed by atoms with E-state index >= 15 is 0 Å². The van der Waals surface area contributed by atoms with Gasteiger partial charge in [-0.3, -0.25) is 0 Å². The van der Waals surface area contributed by atoms with E-state index in [9.17, 15) is 20.1 Å². The molecule has 110 valence electrons. The molecule has 0 aliphatic heterocycles. The summed E-state index contributed by atoms with van der Waals surface area (Å²) in [7, 11) is 0. The summed E-state index contributed by atoms with van der Waals surface area (Å²) in [6.07, 6.45) is 0. The quantitative estimate of drug-likeness (QED) is 0.671. The van der Waals surface area contributed by atoms with Gasteiger partial charge in [0.05, 0.1) is 5.52 Å². The first-order valence-corrected chi connectivity index (χ1v) is 6.70. The zero-order valence-electron chi connectivity index (χ0n) is 11.1. The summed E-state index contributed by atoms with van der Waals surface area (Å²) < 4.78 is 0. The van der Waals surface area contributed by atoms with Crippen molar-refractivity contribution in [2.24, 2.45) is 0 Å². The lowest BCUT2D eigenvalue weighted by atomic mass is 10.0. The van der Waals surface area contributed by atoms with Gasteiger partial charge in [-0.2, -0.15) is 0 Å². The highest BCUT2D eigenvalue weighted by Crippen LogP contribution is 2.36. The molecule has 0 fully saturated rings. The van der Waals surface area contributed by atoms with Crippen molar-refractivity contribution in [3.63, 3.8) is 0 Å². The van der Waals surface area contributed by atoms with Crippen LogP contribution >= 0.6 is 11.6 Å². The van der Waals surface area contributed by atoms with E-state index in [1.54, 1.807) is 24.3 Å². The topological polar surface area (TPSA) is 90.7 Å². The van der Waals surface area contributed by atoms with Gasteiger partial charge in [0, 0.05) is 16.0 Å². The monoisotopic (exact) mass is 315 g/mol. The van der Waals surface area contributed by atoms with Gasteiger partial charge in [-0.05, 0) is 30.3 Å². The van der Waals surface area contributed by atoms with Gasteiger partial charge in [0.2, 0.25) is 0 Å². The van der Waals surface area contributed by atoms with Crippen molar-refractivity contribution in [3.05, 3.63) is 53.1 Å². The fraction of sp³-hybridized carbons (Fsp3) is 0. The highest BCUT2D eigenvalue weighted by Gasteiger charge is 2.21. The number of nitrogens with zero attached hydrogens (tertiary/aromatic N) is 1. The molecule has 0 aliphatic carbocycles. The minimum absolute atomic E-state index is 0.101. The number of aromatic carboxylic acids is 1. The Bertz CT molecular complexity index is 891. The summed E-state index contributed by atoms with van der Waals surface area (Å²) in [5.74, 6) is -1.85. The number of carbonyl (C=O) groups is 1. The number of fused-ring (bicyclic) bond motifs is 1. The molecule has 3 aromatic rings. The second-order valence-electron chi connectivity index (χ2n) is 4.70. The number of aromatic nitrogens is 1. The summed E-state index contributed by atoms with van der Waals surface area (Å²) in [4.78, 5) is 15.8. The molecule has 0 bridgehead atoms. The summed E-state index contributed by atoms with van der Waals surface area (Å²) in [6.45, 7) is 0. The molecule has 0 spiro atoms. The van der Waals surface area contributed by atoms with Crippen LogP contribution in [0.4, 0.5) is 0 Å². The molecule has 0 aliphatic rings. The lowest BCUT2D eigenvalue weighted by Crippen LogP contribution is -2.01. The number of hydrogen-bond acceptors (Lipinski definition) is 4. The maximum absolute atomic E-state index is 11.5. The third-order valence-corrected chi connectivity index (χ3v) is 3.53. The van der Waals surface area contributed by atoms with Crippen LogP contribution in [-0.2, 0) is 0 Å². The third-order valence-electron chi connectivity index (χ3n) is 3.27. The standard InChI is InChI=1S/C16H10ClNO4/c17-9-3-1-8(2-4-9)14-15(20)13(16(21)22)11-7-10(19)5-6-12(11)18-14/h1-7,19-20H,(H,21,22). The number of halogens is 1. The average Bonchev–Trinajstić information content (AvgIpc) is 2.47. The zero-order chi connectivity index (χ0) is 15.9. The molecule has 5 nitrogen and oxygen atoms in total. The van der Waals surface area contributed by atoms with Gasteiger partial charge in [-0.15, -0.1) is 0 Å². The number of rotatable bonds is 2. The normalized spacial score (nSPS) is 10.8. The van der Waals surface area contributed by atoms with Crippen LogP contribution in [0.3, 0.4) is 0 Å². The van der Waals surface area contributed by atoms with Gasteiger partial charge in [-0.1, -0.05) is 23.7 Å². The maximum Gasteiger partial charge on any atom is 0.340 e. The molecular weight excluding hydrogens is 306 g/mol. The lowest BCUT2D eigenvalue weighted by molar-refractivity contribution is 0.0696. The van der Waals surface area contributed by atoms with Crippen molar-refractivity contribution in [2.45, 2.75) is 0 Å². The Morgan fingerprint density at radius 3 is 2.36 bits per heavy atom. The largest absolute Gasteiger partial charge is 0.508 e. The first-order chi connectivity index (χ1) is 10.5. The SMILES string of the molecule is O=C(O)c1c(O)c(-c2ccc(Cl)cc2)nc2ccc(O)cc12. The molecule has 0 unspecified atom stereocenters. The van der Waals surface area contributed by atoms with Crippen molar-refractivity contribution in [2.75, 3.05) is 0 Å². The average molecular weight is 316 g/mol. The summed E-state index contributed by atoms with van der Waals surface area (Å²) in [5.41, 5.74) is 0.746. The molecule has 1 heterocycles. The second-order valence-corrected chi connectivity index (χ2v) is 5.13. The molecule has 0 radical (unpaired) electrons. The third kappa shape index (κ3) is 2.31. The first kappa shape index (κ1) is 14.2. The Morgan fingerprint density at radius 1 is 1.05 bits per heavy atom. The number of phenols is 1. The van der Waals surface area contributed by atoms with Crippen LogP contribution in [0.5, 0.6) is 11.5 Å². The van der Waals surface area contributed by atoms with Gasteiger partial charge < -0.3 is 15.3 Å². The summed E-state index contributed by atoms with van der Waals surface area (Å²) in [6, 6.07) is 10.7. The number of phenolic OH excluding ortho intramolecular Hbond substituents is 1. The van der Waals surface area contributed by atoms with Crippen molar-refractivity contribution >= 4 is 28.5 Å². The van der Waals surface area contributed by atoms with Gasteiger partial charge in [0.25, 0.3) is 0 Å². The lowest BCUT2D eigenvalue weighted by Gasteiger charge is -2.11. The molecule has 6 heteroatoms. The van der Waals surface area contributed by atoms with Crippen LogP contribution in [0.25, 0.3) is 22.2 Å². The highest BCUT2D eigenvalue weighted by atomic mass is 35.5. The van der Waals surface area contributed by atoms with Crippen molar-refractivity contribution < 1.29 is 20.1 Å². The van der Waals surface area contributed by atoms with Gasteiger partial charge in [0.15, 0.2) is 5.75 Å². The van der Waals surface area contributed by atoms with E-state index in [2.05, 4.69) is 4.98 Å². The molecule has 2 aromatic carbocycles. The Kier molecular flexibility index (Phi) is 3.35. The second kappa shape index (κ2) is 5.20. The smallest absolute Gasteiger partial charge is 0.340 e. The maximum atomic E-state index is 11.5. The predicted octanol–water partition coefficient (Wildman–Crippen LogP) is 3.66. The molecular formula is C16H10ClNO4. The van der Waals surface area contributed by atoms with E-state index in [0.717, 1.165) is 0 Å². The van der Waals surface area contributed by atoms with Gasteiger partial charge in [-0.25, -0.2) is 9.78 Å². The van der Waals surface area contributed by atoms with Crippen LogP contribution in [-0.4, -0.2) is 26.3 Å². The van der Waals surface area contributed by atoms with E-state index in [1.165, 1.54) is 18.2 Å². The summed E-state index contributed by atoms with van der Waals surface area (Å²) in [5, 5.41) is 29.9. The fourth-order valence-corrected chi connectivity index (χ4v) is 2.39. The zero-order valence-corrected chi connectivity index (χ0v) is 11.9. The van der Waals surface area contributed by atoms with E-state index in [0.29, 0.717) is 16.1 Å². The van der Waals surface area contributed by atoms with Crippen LogP contribution in [0.15, 0.2) is 42.5 Å². The van der Waals surface area contributed by atoms with E-state index < -0.39 is 11.7 Å². The van der Waals surface area contributed by atoms with Crippen LogP contribution in [0, 0.1) is 0 Å². The minimum Gasteiger partial charge on any atom is -0.508 e. The molecule has 0 atom stereocenters. The predicted molar refractivity (Wildman–Crippen MR) is 82.5 cm³/mol. The molecule has 3 N–H and O–H groups in total. The molecule has 1 aromatic heterocycles. The highest BCUT2D eigenvalue weighted by molar-refractivity contribution is 6.30. The van der Waals surface area contributed by atoms with Crippen molar-refractivity contribution in [1.29, 1.82) is 0 Å². The van der Waals surface area contributed by atoms with Crippen molar-refractivity contribution in [3.8, 4) is 22.8 Å². The van der Waals surface area contributed by atoms with E-state index in [-0.39, 0.29) is 22.4 Å². The fourth-order valence-electron chi connectivity index (χ4n) is 2.27. The van der Waals surface area contributed by atoms with Crippen LogP contribution in [0.1, 0.15) is 10.4 Å². The summed E-state index contributed by atoms with van der Waals surface area (Å²) >= 11 is 5.83. The number of carboxylic acids is 1. The van der Waals surface area contributed by atoms with Gasteiger partial charge >= 0.3 is 5.97 Å². The molecule has 22 heavy (non-hydrogen) atoms. The number of hydrogen-bond donors (Lipinski definition) is 3. The Morgan fingerprint density at radius 2 is 1.73 bits per heavy atom. The Labute approximate surface area is 130 Å². The molecule has 3 rings (SSSR count). The molecule has 0 amide bonds. The number of aromatic hydroxyl groups is 2. The Hall–Kier alpha value is -2.79. The van der Waals surface area contributed by atoms with Crippen molar-refractivity contribution in [1.82, 2.24) is 4.98 Å². The number of benzene rings is 2. The van der Waals surface area contributed by atoms with E-state index in [4.69, 9.17) is 11.6 Å². The molecule has 0 saturated heterocycles. The first-order valence-electron chi connectivity index (χ1n) is 6.32. The molecule has 0 saturated carbocycles. The van der Waals surface area contributed by atoms with Crippen LogP contribution < -0.4 is 0 Å². The number of pyridine rings is 1. The number of carboxylic acid groups (broad SMARTS) is 1.